The first-order chi connectivity index (χ1) is 11.3. The van der Waals surface area contributed by atoms with E-state index >= 15 is 0 Å². The fourth-order valence-electron chi connectivity index (χ4n) is 2.53. The number of amides is 1. The maximum absolute atomic E-state index is 12.2. The summed E-state index contributed by atoms with van der Waals surface area (Å²) in [5.41, 5.74) is 2.12. The van der Waals surface area contributed by atoms with E-state index in [0.717, 1.165) is 24.2 Å². The number of pyridine rings is 1. The van der Waals surface area contributed by atoms with Gasteiger partial charge in [0.05, 0.1) is 18.2 Å². The first kappa shape index (κ1) is 13.8. The quantitative estimate of drug-likeness (QED) is 0.803. The molecule has 1 aliphatic rings. The van der Waals surface area contributed by atoms with Crippen LogP contribution in [-0.2, 0) is 0 Å². The van der Waals surface area contributed by atoms with E-state index in [4.69, 9.17) is 4.74 Å². The van der Waals surface area contributed by atoms with Crippen molar-refractivity contribution in [2.24, 2.45) is 0 Å². The Hall–Kier alpha value is -2.89. The number of ether oxygens (including phenoxy) is 1. The van der Waals surface area contributed by atoms with Crippen molar-refractivity contribution in [3.63, 3.8) is 0 Å². The Bertz CT molecular complexity index is 883. The van der Waals surface area contributed by atoms with Gasteiger partial charge in [-0.2, -0.15) is 0 Å². The SMILES string of the molecule is COc1ccccc1-c1nnc2ccc(C(=O)NC3CC3)cn12. The maximum atomic E-state index is 12.2. The number of methoxy groups -OCH3 is 1. The lowest BCUT2D eigenvalue weighted by atomic mass is 10.2. The summed E-state index contributed by atoms with van der Waals surface area (Å²) in [4.78, 5) is 12.2. The number of carbonyl (C=O) groups is 1. The number of nitrogens with one attached hydrogen (secondary N) is 1. The van der Waals surface area contributed by atoms with Gasteiger partial charge in [0.25, 0.3) is 5.91 Å². The zero-order valence-electron chi connectivity index (χ0n) is 12.7. The lowest BCUT2D eigenvalue weighted by Gasteiger charge is -2.08. The fourth-order valence-corrected chi connectivity index (χ4v) is 2.53. The molecule has 6 nitrogen and oxygen atoms in total. The Labute approximate surface area is 133 Å². The molecule has 0 radical (unpaired) electrons. The van der Waals surface area contributed by atoms with Gasteiger partial charge in [0.2, 0.25) is 0 Å². The van der Waals surface area contributed by atoms with Crippen molar-refractivity contribution in [2.75, 3.05) is 7.11 Å². The second-order valence-electron chi connectivity index (χ2n) is 5.62. The van der Waals surface area contributed by atoms with Gasteiger partial charge in [-0.1, -0.05) is 12.1 Å². The Kier molecular flexibility index (Phi) is 3.22. The molecule has 0 atom stereocenters. The van der Waals surface area contributed by atoms with Gasteiger partial charge in [0.1, 0.15) is 5.75 Å². The highest BCUT2D eigenvalue weighted by Gasteiger charge is 2.24. The third kappa shape index (κ3) is 2.52. The van der Waals surface area contributed by atoms with Crippen LogP contribution in [0.4, 0.5) is 0 Å². The molecule has 1 fully saturated rings. The third-order valence-corrected chi connectivity index (χ3v) is 3.92. The molecule has 23 heavy (non-hydrogen) atoms. The summed E-state index contributed by atoms with van der Waals surface area (Å²) in [5.74, 6) is 1.31. The van der Waals surface area contributed by atoms with Gasteiger partial charge in [-0.05, 0) is 37.1 Å². The maximum Gasteiger partial charge on any atom is 0.252 e. The number of benzene rings is 1. The second-order valence-corrected chi connectivity index (χ2v) is 5.62. The van der Waals surface area contributed by atoms with Crippen molar-refractivity contribution in [3.05, 3.63) is 48.2 Å². The summed E-state index contributed by atoms with van der Waals surface area (Å²) >= 11 is 0. The van der Waals surface area contributed by atoms with E-state index in [9.17, 15) is 4.79 Å². The normalized spacial score (nSPS) is 14.0. The molecule has 0 spiro atoms. The highest BCUT2D eigenvalue weighted by atomic mass is 16.5. The van der Waals surface area contributed by atoms with Gasteiger partial charge in [-0.25, -0.2) is 0 Å². The van der Waals surface area contributed by atoms with E-state index in [-0.39, 0.29) is 5.91 Å². The van der Waals surface area contributed by atoms with Crippen molar-refractivity contribution < 1.29 is 9.53 Å². The Morgan fingerprint density at radius 1 is 1.22 bits per heavy atom. The topological polar surface area (TPSA) is 68.5 Å². The number of para-hydroxylation sites is 1. The number of carbonyl (C=O) groups excluding carboxylic acids is 1. The van der Waals surface area contributed by atoms with Gasteiger partial charge in [0.15, 0.2) is 11.5 Å². The summed E-state index contributed by atoms with van der Waals surface area (Å²) < 4.78 is 7.22. The fraction of sp³-hybridized carbons (Fsp3) is 0.235. The second kappa shape index (κ2) is 5.39. The summed E-state index contributed by atoms with van der Waals surface area (Å²) in [6.07, 6.45) is 3.90. The van der Waals surface area contributed by atoms with E-state index in [1.807, 2.05) is 28.7 Å². The smallest absolute Gasteiger partial charge is 0.252 e. The average molecular weight is 308 g/mol. The molecule has 1 aromatic carbocycles. The monoisotopic (exact) mass is 308 g/mol. The number of hydrogen-bond acceptors (Lipinski definition) is 4. The number of fused-ring (bicyclic) bond motifs is 1. The molecule has 1 amide bonds. The molecular weight excluding hydrogens is 292 g/mol. The van der Waals surface area contributed by atoms with E-state index in [2.05, 4.69) is 15.5 Å². The minimum atomic E-state index is -0.0610. The zero-order chi connectivity index (χ0) is 15.8. The molecule has 1 N–H and O–H groups in total. The van der Waals surface area contributed by atoms with Crippen LogP contribution in [0.15, 0.2) is 42.6 Å². The minimum Gasteiger partial charge on any atom is -0.496 e. The summed E-state index contributed by atoms with van der Waals surface area (Å²) in [6, 6.07) is 11.5. The van der Waals surface area contributed by atoms with Gasteiger partial charge >= 0.3 is 0 Å². The lowest BCUT2D eigenvalue weighted by molar-refractivity contribution is 0.0950. The van der Waals surface area contributed by atoms with Crippen LogP contribution in [0.25, 0.3) is 17.0 Å². The standard InChI is InChI=1S/C17H16N4O2/c1-23-14-5-3-2-4-13(14)16-20-19-15-9-6-11(10-21(15)16)17(22)18-12-7-8-12/h2-6,9-10,12H,7-8H2,1H3,(H,18,22). The van der Waals surface area contributed by atoms with E-state index in [1.165, 1.54) is 0 Å². The Balaban J connectivity index is 1.79. The van der Waals surface area contributed by atoms with Crippen LogP contribution >= 0.6 is 0 Å². The molecule has 0 unspecified atom stereocenters. The molecule has 4 rings (SSSR count). The molecule has 2 aromatic heterocycles. The highest BCUT2D eigenvalue weighted by Crippen LogP contribution is 2.28. The molecule has 0 bridgehead atoms. The van der Waals surface area contributed by atoms with Crippen LogP contribution in [0, 0.1) is 0 Å². The van der Waals surface area contributed by atoms with Gasteiger partial charge in [-0.3, -0.25) is 9.20 Å². The molecule has 1 aliphatic carbocycles. The summed E-state index contributed by atoms with van der Waals surface area (Å²) in [6.45, 7) is 0. The summed E-state index contributed by atoms with van der Waals surface area (Å²) in [7, 11) is 1.62. The van der Waals surface area contributed by atoms with Crippen LogP contribution in [0.1, 0.15) is 23.2 Å². The van der Waals surface area contributed by atoms with Crippen molar-refractivity contribution in [1.82, 2.24) is 19.9 Å². The van der Waals surface area contributed by atoms with Crippen LogP contribution in [0.2, 0.25) is 0 Å². The minimum absolute atomic E-state index is 0.0610. The van der Waals surface area contributed by atoms with Gasteiger partial charge in [0, 0.05) is 12.2 Å². The van der Waals surface area contributed by atoms with Crippen molar-refractivity contribution in [2.45, 2.75) is 18.9 Å². The predicted molar refractivity (Wildman–Crippen MR) is 85.5 cm³/mol. The zero-order valence-corrected chi connectivity index (χ0v) is 12.7. The van der Waals surface area contributed by atoms with Crippen LogP contribution in [0.5, 0.6) is 5.75 Å². The summed E-state index contributed by atoms with van der Waals surface area (Å²) in [5, 5.41) is 11.4. The molecule has 3 aromatic rings. The molecular formula is C17H16N4O2. The molecule has 2 heterocycles. The number of hydrogen-bond donors (Lipinski definition) is 1. The molecule has 116 valence electrons. The Morgan fingerprint density at radius 3 is 2.83 bits per heavy atom. The first-order valence-electron chi connectivity index (χ1n) is 7.55. The van der Waals surface area contributed by atoms with Crippen LogP contribution < -0.4 is 10.1 Å². The molecule has 0 aliphatic heterocycles. The molecule has 0 saturated heterocycles. The first-order valence-corrected chi connectivity index (χ1v) is 7.55. The van der Waals surface area contributed by atoms with Gasteiger partial charge < -0.3 is 10.1 Å². The van der Waals surface area contributed by atoms with Crippen molar-refractivity contribution in [3.8, 4) is 17.1 Å². The third-order valence-electron chi connectivity index (χ3n) is 3.92. The average Bonchev–Trinajstić information content (AvgIpc) is 3.30. The van der Waals surface area contributed by atoms with Crippen molar-refractivity contribution >= 4 is 11.6 Å². The van der Waals surface area contributed by atoms with E-state index in [0.29, 0.717) is 23.1 Å². The Morgan fingerprint density at radius 2 is 2.04 bits per heavy atom. The molecule has 6 heteroatoms. The predicted octanol–water partition coefficient (Wildman–Crippen LogP) is 2.30. The van der Waals surface area contributed by atoms with E-state index in [1.54, 1.807) is 25.4 Å². The van der Waals surface area contributed by atoms with Crippen LogP contribution in [-0.4, -0.2) is 33.7 Å². The highest BCUT2D eigenvalue weighted by molar-refractivity contribution is 5.94. The number of rotatable bonds is 4. The van der Waals surface area contributed by atoms with Gasteiger partial charge in [-0.15, -0.1) is 10.2 Å². The van der Waals surface area contributed by atoms with Crippen LogP contribution in [0.3, 0.4) is 0 Å². The number of aromatic nitrogens is 3. The largest absolute Gasteiger partial charge is 0.496 e. The molecule has 1 saturated carbocycles. The lowest BCUT2D eigenvalue weighted by Crippen LogP contribution is -2.25. The number of nitrogens with zero attached hydrogens (tertiary/aromatic N) is 3. The van der Waals surface area contributed by atoms with E-state index < -0.39 is 0 Å². The van der Waals surface area contributed by atoms with Crippen molar-refractivity contribution in [1.29, 1.82) is 0 Å².